The highest BCUT2D eigenvalue weighted by Gasteiger charge is 2.08. The van der Waals surface area contributed by atoms with Gasteiger partial charge in [-0.15, -0.1) is 6.58 Å². The van der Waals surface area contributed by atoms with Gasteiger partial charge in [-0.3, -0.25) is 4.79 Å². The van der Waals surface area contributed by atoms with Gasteiger partial charge in [0.15, 0.2) is 5.78 Å². The zero-order valence-corrected chi connectivity index (χ0v) is 14.2. The number of allylic oxidation sites excluding steroid dienone is 3. The molecule has 0 aliphatic rings. The minimum Gasteiger partial charge on any atom is -0.295 e. The van der Waals surface area contributed by atoms with E-state index < -0.39 is 0 Å². The molecule has 1 aromatic rings. The van der Waals surface area contributed by atoms with Gasteiger partial charge in [0.25, 0.3) is 0 Å². The number of rotatable bonds is 3. The average Bonchev–Trinajstić information content (AvgIpc) is 2.45. The summed E-state index contributed by atoms with van der Waals surface area (Å²) in [6, 6.07) is 6.18. The normalized spacial score (nSPS) is 9.65. The van der Waals surface area contributed by atoms with Crippen molar-refractivity contribution in [2.24, 2.45) is 0 Å². The molecule has 1 nitrogen and oxygen atoms in total. The zero-order chi connectivity index (χ0) is 16.1. The number of aryl methyl sites for hydroxylation is 2. The molecule has 0 heterocycles. The molecular formula is C19H30O. The van der Waals surface area contributed by atoms with Crippen LogP contribution in [-0.2, 0) is 4.79 Å². The van der Waals surface area contributed by atoms with E-state index in [1.807, 2.05) is 46.8 Å². The molecule has 0 aliphatic carbocycles. The van der Waals surface area contributed by atoms with Crippen LogP contribution in [0.4, 0.5) is 0 Å². The first-order valence-corrected chi connectivity index (χ1v) is 7.33. The Bertz CT molecular complexity index is 439. The summed E-state index contributed by atoms with van der Waals surface area (Å²) in [6.07, 6.45) is 4.84. The van der Waals surface area contributed by atoms with Gasteiger partial charge in [-0.1, -0.05) is 56.7 Å². The molecule has 20 heavy (non-hydrogen) atoms. The third-order valence-corrected chi connectivity index (χ3v) is 2.64. The van der Waals surface area contributed by atoms with E-state index in [1.54, 1.807) is 6.92 Å². The quantitative estimate of drug-likeness (QED) is 0.495. The number of carbonyl (C=O) groups excluding carboxylic acids is 1. The zero-order valence-electron chi connectivity index (χ0n) is 14.2. The van der Waals surface area contributed by atoms with Crippen LogP contribution in [0.15, 0.2) is 36.9 Å². The lowest BCUT2D eigenvalue weighted by Gasteiger charge is -2.08. The molecule has 112 valence electrons. The first kappa shape index (κ1) is 20.7. The summed E-state index contributed by atoms with van der Waals surface area (Å²) in [5.74, 6) is 0.126. The van der Waals surface area contributed by atoms with Crippen LogP contribution in [0.2, 0.25) is 0 Å². The maximum atomic E-state index is 11.4. The summed E-state index contributed by atoms with van der Waals surface area (Å²) in [5.41, 5.74) is 4.20. The van der Waals surface area contributed by atoms with Crippen molar-refractivity contribution < 1.29 is 4.79 Å². The first-order chi connectivity index (χ1) is 9.47. The minimum atomic E-state index is 0.126. The lowest BCUT2D eigenvalue weighted by Crippen LogP contribution is -1.98. The Hall–Kier alpha value is -1.63. The molecule has 1 rings (SSSR count). The summed E-state index contributed by atoms with van der Waals surface area (Å²) < 4.78 is 0. The molecule has 0 N–H and O–H groups in total. The Balaban J connectivity index is 0. The third kappa shape index (κ3) is 7.73. The standard InChI is InChI=1S/C13H16O.C4H8.C2H6/c1-5-12(11(4)14)13-8-9(2)6-7-10(13)3;1-3-4-2;1-2/h5-8H,1-4H3;3H,1,4H2,2H3;1-2H3/b12-5-;;. The van der Waals surface area contributed by atoms with Crippen molar-refractivity contribution in [3.63, 3.8) is 0 Å². The highest BCUT2D eigenvalue weighted by atomic mass is 16.1. The van der Waals surface area contributed by atoms with Gasteiger partial charge in [-0.05, 0) is 45.2 Å². The predicted octanol–water partition coefficient (Wildman–Crippen LogP) is 5.90. The van der Waals surface area contributed by atoms with Crippen molar-refractivity contribution in [1.29, 1.82) is 0 Å². The number of benzene rings is 1. The lowest BCUT2D eigenvalue weighted by molar-refractivity contribution is -0.111. The van der Waals surface area contributed by atoms with Crippen molar-refractivity contribution >= 4 is 11.4 Å². The Morgan fingerprint density at radius 2 is 1.75 bits per heavy atom. The lowest BCUT2D eigenvalue weighted by atomic mass is 9.96. The Morgan fingerprint density at radius 3 is 2.10 bits per heavy atom. The number of carbonyl (C=O) groups is 1. The fourth-order valence-corrected chi connectivity index (χ4v) is 1.57. The molecule has 1 aromatic carbocycles. The molecule has 0 fully saturated rings. The number of Topliss-reactive ketones (excluding diaryl/α,β-unsaturated/α-hetero) is 1. The van der Waals surface area contributed by atoms with E-state index in [4.69, 9.17) is 0 Å². The Morgan fingerprint density at radius 1 is 1.25 bits per heavy atom. The summed E-state index contributed by atoms with van der Waals surface area (Å²) in [5, 5.41) is 0. The smallest absolute Gasteiger partial charge is 0.160 e. The largest absolute Gasteiger partial charge is 0.295 e. The Kier molecular flexibility index (Phi) is 12.8. The monoisotopic (exact) mass is 274 g/mol. The second kappa shape index (κ2) is 12.4. The van der Waals surface area contributed by atoms with Gasteiger partial charge in [0, 0.05) is 5.57 Å². The van der Waals surface area contributed by atoms with Crippen LogP contribution in [0.1, 0.15) is 57.7 Å². The van der Waals surface area contributed by atoms with Crippen LogP contribution in [0.3, 0.4) is 0 Å². The summed E-state index contributed by atoms with van der Waals surface area (Å²) in [7, 11) is 0. The maximum Gasteiger partial charge on any atom is 0.160 e. The number of hydrogen-bond donors (Lipinski definition) is 0. The molecule has 0 radical (unpaired) electrons. The van der Waals surface area contributed by atoms with E-state index in [9.17, 15) is 4.79 Å². The molecule has 0 aromatic heterocycles. The van der Waals surface area contributed by atoms with Gasteiger partial charge in [-0.2, -0.15) is 0 Å². The van der Waals surface area contributed by atoms with Crippen LogP contribution in [0.25, 0.3) is 5.57 Å². The van der Waals surface area contributed by atoms with Crippen LogP contribution < -0.4 is 0 Å². The molecule has 0 aliphatic heterocycles. The van der Waals surface area contributed by atoms with Gasteiger partial charge < -0.3 is 0 Å². The highest BCUT2D eigenvalue weighted by Crippen LogP contribution is 2.20. The number of ketones is 1. The van der Waals surface area contributed by atoms with E-state index >= 15 is 0 Å². The van der Waals surface area contributed by atoms with E-state index in [0.29, 0.717) is 0 Å². The fraction of sp³-hybridized carbons (Fsp3) is 0.421. The van der Waals surface area contributed by atoms with Crippen LogP contribution in [0, 0.1) is 13.8 Å². The van der Waals surface area contributed by atoms with E-state index in [2.05, 4.69) is 31.7 Å². The van der Waals surface area contributed by atoms with E-state index in [-0.39, 0.29) is 5.78 Å². The van der Waals surface area contributed by atoms with Crippen molar-refractivity contribution in [3.05, 3.63) is 53.6 Å². The molecule has 0 unspecified atom stereocenters. The van der Waals surface area contributed by atoms with Crippen molar-refractivity contribution in [2.45, 2.75) is 54.9 Å². The number of hydrogen-bond acceptors (Lipinski definition) is 1. The van der Waals surface area contributed by atoms with Crippen LogP contribution in [0.5, 0.6) is 0 Å². The molecule has 1 heteroatoms. The second-order valence-electron chi connectivity index (χ2n) is 4.27. The SMILES string of the molecule is C/C=C(/C(C)=O)c1cc(C)ccc1C.C=CCC.CC. The molecule has 0 saturated carbocycles. The maximum absolute atomic E-state index is 11.4. The molecule has 0 saturated heterocycles. The van der Waals surface area contributed by atoms with Crippen LogP contribution >= 0.6 is 0 Å². The van der Waals surface area contributed by atoms with E-state index in [1.165, 1.54) is 5.56 Å². The van der Waals surface area contributed by atoms with E-state index in [0.717, 1.165) is 23.1 Å². The van der Waals surface area contributed by atoms with Gasteiger partial charge in [0.2, 0.25) is 0 Å². The summed E-state index contributed by atoms with van der Waals surface area (Å²) >= 11 is 0. The molecule has 0 bridgehead atoms. The Labute approximate surface area is 125 Å². The molecule has 0 atom stereocenters. The highest BCUT2D eigenvalue weighted by molar-refractivity contribution is 6.19. The van der Waals surface area contributed by atoms with Crippen molar-refractivity contribution in [2.75, 3.05) is 0 Å². The van der Waals surface area contributed by atoms with Crippen molar-refractivity contribution in [3.8, 4) is 0 Å². The minimum absolute atomic E-state index is 0.126. The van der Waals surface area contributed by atoms with Gasteiger partial charge in [0.05, 0.1) is 0 Å². The molecule has 0 amide bonds. The third-order valence-electron chi connectivity index (χ3n) is 2.64. The predicted molar refractivity (Wildman–Crippen MR) is 92.1 cm³/mol. The van der Waals surface area contributed by atoms with Gasteiger partial charge in [-0.25, -0.2) is 0 Å². The molecular weight excluding hydrogens is 244 g/mol. The van der Waals surface area contributed by atoms with Crippen molar-refractivity contribution in [1.82, 2.24) is 0 Å². The summed E-state index contributed by atoms with van der Waals surface area (Å²) in [4.78, 5) is 11.4. The topological polar surface area (TPSA) is 17.1 Å². The van der Waals surface area contributed by atoms with Crippen LogP contribution in [-0.4, -0.2) is 5.78 Å². The van der Waals surface area contributed by atoms with Gasteiger partial charge in [0.1, 0.15) is 0 Å². The fourth-order valence-electron chi connectivity index (χ4n) is 1.57. The first-order valence-electron chi connectivity index (χ1n) is 7.33. The second-order valence-corrected chi connectivity index (χ2v) is 4.27. The average molecular weight is 274 g/mol. The molecule has 0 spiro atoms. The van der Waals surface area contributed by atoms with Gasteiger partial charge >= 0.3 is 0 Å². The summed E-state index contributed by atoms with van der Waals surface area (Å²) in [6.45, 7) is 17.1.